The van der Waals surface area contributed by atoms with Crippen LogP contribution in [0.4, 0.5) is 0 Å². The van der Waals surface area contributed by atoms with Gasteiger partial charge in [0, 0.05) is 11.6 Å². The topological polar surface area (TPSA) is 90.1 Å². The molecule has 1 fully saturated rings. The van der Waals surface area contributed by atoms with Crippen molar-refractivity contribution >= 4 is 5.97 Å². The maximum Gasteiger partial charge on any atom is 0.325 e. The van der Waals surface area contributed by atoms with Crippen LogP contribution >= 0.6 is 0 Å². The van der Waals surface area contributed by atoms with Crippen LogP contribution in [-0.4, -0.2) is 37.9 Å². The standard InChI is InChI=1S/C16H20N4O3/c1-10-7-12(13(23-2)8-17-10)16-18-15(11-5-3-4-6-11)19-20(16)9-14(21)22/h7-8,11H,3-6,9H2,1-2H3,(H,21,22). The fourth-order valence-electron chi connectivity index (χ4n) is 3.04. The van der Waals surface area contributed by atoms with Gasteiger partial charge in [-0.1, -0.05) is 12.8 Å². The molecule has 2 aromatic heterocycles. The average Bonchev–Trinajstić information content (AvgIpc) is 3.15. The summed E-state index contributed by atoms with van der Waals surface area (Å²) in [5, 5.41) is 13.6. The van der Waals surface area contributed by atoms with E-state index in [4.69, 9.17) is 9.84 Å². The summed E-state index contributed by atoms with van der Waals surface area (Å²) in [4.78, 5) is 20.0. The monoisotopic (exact) mass is 316 g/mol. The van der Waals surface area contributed by atoms with E-state index < -0.39 is 5.97 Å². The van der Waals surface area contributed by atoms with E-state index in [0.717, 1.165) is 29.9 Å². The highest BCUT2D eigenvalue weighted by molar-refractivity contribution is 5.69. The molecule has 122 valence electrons. The largest absolute Gasteiger partial charge is 0.494 e. The average molecular weight is 316 g/mol. The van der Waals surface area contributed by atoms with Gasteiger partial charge in [0.05, 0.1) is 18.9 Å². The first-order chi connectivity index (χ1) is 11.1. The second-order valence-electron chi connectivity index (χ2n) is 5.85. The Kier molecular flexibility index (Phi) is 4.27. The molecule has 1 saturated carbocycles. The van der Waals surface area contributed by atoms with Crippen molar-refractivity contribution in [2.75, 3.05) is 7.11 Å². The summed E-state index contributed by atoms with van der Waals surface area (Å²) in [6.45, 7) is 1.65. The lowest BCUT2D eigenvalue weighted by Crippen LogP contribution is -2.12. The highest BCUT2D eigenvalue weighted by atomic mass is 16.5. The molecule has 0 aliphatic heterocycles. The minimum atomic E-state index is -0.945. The van der Waals surface area contributed by atoms with E-state index in [1.807, 2.05) is 13.0 Å². The van der Waals surface area contributed by atoms with Crippen LogP contribution in [0.15, 0.2) is 12.3 Å². The van der Waals surface area contributed by atoms with Crippen LogP contribution in [0.1, 0.15) is 43.1 Å². The molecule has 0 bridgehead atoms. The van der Waals surface area contributed by atoms with Crippen molar-refractivity contribution in [1.82, 2.24) is 19.7 Å². The zero-order valence-corrected chi connectivity index (χ0v) is 13.3. The molecular formula is C16H20N4O3. The predicted molar refractivity (Wildman–Crippen MR) is 83.4 cm³/mol. The smallest absolute Gasteiger partial charge is 0.325 e. The molecule has 1 N–H and O–H groups in total. The van der Waals surface area contributed by atoms with Crippen LogP contribution in [0, 0.1) is 6.92 Å². The second kappa shape index (κ2) is 6.36. The van der Waals surface area contributed by atoms with Crippen molar-refractivity contribution in [3.63, 3.8) is 0 Å². The molecule has 0 spiro atoms. The fourth-order valence-corrected chi connectivity index (χ4v) is 3.04. The number of rotatable bonds is 5. The maximum atomic E-state index is 11.2. The summed E-state index contributed by atoms with van der Waals surface area (Å²) >= 11 is 0. The van der Waals surface area contributed by atoms with Gasteiger partial charge in [-0.2, -0.15) is 5.10 Å². The Morgan fingerprint density at radius 1 is 1.43 bits per heavy atom. The predicted octanol–water partition coefficient (Wildman–Crippen LogP) is 2.40. The Balaban J connectivity index is 2.09. The number of hydrogen-bond donors (Lipinski definition) is 1. The number of pyridine rings is 1. The fraction of sp³-hybridized carbons (Fsp3) is 0.500. The maximum absolute atomic E-state index is 11.2. The third-order valence-electron chi connectivity index (χ3n) is 4.16. The minimum absolute atomic E-state index is 0.223. The van der Waals surface area contributed by atoms with Crippen LogP contribution in [-0.2, 0) is 11.3 Å². The summed E-state index contributed by atoms with van der Waals surface area (Å²) in [7, 11) is 1.56. The third-order valence-corrected chi connectivity index (χ3v) is 4.16. The van der Waals surface area contributed by atoms with Gasteiger partial charge in [-0.25, -0.2) is 9.67 Å². The molecular weight excluding hydrogens is 296 g/mol. The molecule has 7 nitrogen and oxygen atoms in total. The number of carbonyl (C=O) groups is 1. The Hall–Kier alpha value is -2.44. The molecule has 0 saturated heterocycles. The van der Waals surface area contributed by atoms with Gasteiger partial charge in [0.25, 0.3) is 0 Å². The molecule has 2 heterocycles. The van der Waals surface area contributed by atoms with Crippen molar-refractivity contribution in [1.29, 1.82) is 0 Å². The summed E-state index contributed by atoms with van der Waals surface area (Å²) in [5.74, 6) is 1.19. The summed E-state index contributed by atoms with van der Waals surface area (Å²) in [5.41, 5.74) is 1.53. The Bertz CT molecular complexity index is 720. The number of aliphatic carboxylic acids is 1. The summed E-state index contributed by atoms with van der Waals surface area (Å²) in [6, 6.07) is 1.85. The van der Waals surface area contributed by atoms with E-state index in [-0.39, 0.29) is 6.54 Å². The van der Waals surface area contributed by atoms with E-state index in [1.54, 1.807) is 13.3 Å². The third kappa shape index (κ3) is 3.18. The quantitative estimate of drug-likeness (QED) is 0.911. The number of aromatic nitrogens is 4. The normalized spacial score (nSPS) is 15.0. The van der Waals surface area contributed by atoms with Gasteiger partial charge in [-0.15, -0.1) is 0 Å². The number of methoxy groups -OCH3 is 1. The summed E-state index contributed by atoms with van der Waals surface area (Å²) < 4.78 is 6.81. The lowest BCUT2D eigenvalue weighted by atomic mass is 10.1. The number of carboxylic acids is 1. The first kappa shape index (κ1) is 15.5. The molecule has 0 amide bonds. The van der Waals surface area contributed by atoms with Gasteiger partial charge >= 0.3 is 5.97 Å². The number of aryl methyl sites for hydroxylation is 1. The van der Waals surface area contributed by atoms with Crippen molar-refractivity contribution in [2.45, 2.75) is 45.1 Å². The van der Waals surface area contributed by atoms with E-state index in [2.05, 4.69) is 15.1 Å². The molecule has 0 aromatic carbocycles. The van der Waals surface area contributed by atoms with Gasteiger partial charge < -0.3 is 9.84 Å². The van der Waals surface area contributed by atoms with Crippen LogP contribution < -0.4 is 4.74 Å². The lowest BCUT2D eigenvalue weighted by Gasteiger charge is -2.08. The molecule has 1 aliphatic rings. The van der Waals surface area contributed by atoms with E-state index in [0.29, 0.717) is 17.5 Å². The minimum Gasteiger partial charge on any atom is -0.494 e. The molecule has 1 aliphatic carbocycles. The SMILES string of the molecule is COc1cnc(C)cc1-c1nc(C2CCCC2)nn1CC(=O)O. The molecule has 2 aromatic rings. The van der Waals surface area contributed by atoms with Gasteiger partial charge in [0.2, 0.25) is 0 Å². The van der Waals surface area contributed by atoms with Gasteiger partial charge in [-0.05, 0) is 25.8 Å². The van der Waals surface area contributed by atoms with Gasteiger partial charge in [-0.3, -0.25) is 9.78 Å². The zero-order valence-electron chi connectivity index (χ0n) is 13.3. The zero-order chi connectivity index (χ0) is 16.4. The van der Waals surface area contributed by atoms with Crippen LogP contribution in [0.3, 0.4) is 0 Å². The van der Waals surface area contributed by atoms with Gasteiger partial charge in [0.1, 0.15) is 12.3 Å². The Labute approximate surface area is 134 Å². The van der Waals surface area contributed by atoms with E-state index >= 15 is 0 Å². The molecule has 0 unspecified atom stereocenters. The van der Waals surface area contributed by atoms with Crippen molar-refractivity contribution < 1.29 is 14.6 Å². The highest BCUT2D eigenvalue weighted by Crippen LogP contribution is 2.35. The van der Waals surface area contributed by atoms with Crippen LogP contribution in [0.25, 0.3) is 11.4 Å². The Morgan fingerprint density at radius 2 is 2.17 bits per heavy atom. The number of hydrogen-bond acceptors (Lipinski definition) is 5. The van der Waals surface area contributed by atoms with Crippen molar-refractivity contribution in [3.8, 4) is 17.1 Å². The van der Waals surface area contributed by atoms with Crippen molar-refractivity contribution in [3.05, 3.63) is 23.8 Å². The van der Waals surface area contributed by atoms with Crippen LogP contribution in [0.5, 0.6) is 5.75 Å². The second-order valence-corrected chi connectivity index (χ2v) is 5.85. The summed E-state index contributed by atoms with van der Waals surface area (Å²) in [6.07, 6.45) is 6.09. The van der Waals surface area contributed by atoms with Crippen molar-refractivity contribution in [2.24, 2.45) is 0 Å². The van der Waals surface area contributed by atoms with Crippen LogP contribution in [0.2, 0.25) is 0 Å². The molecule has 7 heteroatoms. The van der Waals surface area contributed by atoms with E-state index in [9.17, 15) is 4.79 Å². The van der Waals surface area contributed by atoms with E-state index in [1.165, 1.54) is 17.5 Å². The lowest BCUT2D eigenvalue weighted by molar-refractivity contribution is -0.137. The van der Waals surface area contributed by atoms with Gasteiger partial charge in [0.15, 0.2) is 11.6 Å². The molecule has 23 heavy (non-hydrogen) atoms. The Morgan fingerprint density at radius 3 is 2.83 bits per heavy atom. The molecule has 0 atom stereocenters. The highest BCUT2D eigenvalue weighted by Gasteiger charge is 2.25. The number of ether oxygens (including phenoxy) is 1. The first-order valence-corrected chi connectivity index (χ1v) is 7.76. The molecule has 0 radical (unpaired) electrons. The number of carboxylic acid groups (broad SMARTS) is 1. The number of nitrogens with zero attached hydrogens (tertiary/aromatic N) is 4. The molecule has 3 rings (SSSR count). The first-order valence-electron chi connectivity index (χ1n) is 7.76.